The van der Waals surface area contributed by atoms with Crippen molar-refractivity contribution >= 4 is 51.6 Å². The minimum Gasteiger partial charge on any atom is -0.382 e. The van der Waals surface area contributed by atoms with Gasteiger partial charge in [0.15, 0.2) is 5.82 Å². The number of piperidine rings is 1. The second-order valence-corrected chi connectivity index (χ2v) is 10.8. The van der Waals surface area contributed by atoms with E-state index in [0.717, 1.165) is 43.1 Å². The summed E-state index contributed by atoms with van der Waals surface area (Å²) in [5.74, 6) is 1.44. The molecule has 0 bridgehead atoms. The van der Waals surface area contributed by atoms with E-state index in [1.807, 2.05) is 0 Å². The molecule has 0 unspecified atom stereocenters. The van der Waals surface area contributed by atoms with Gasteiger partial charge in [-0.1, -0.05) is 59.8 Å². The number of rotatable bonds is 3. The summed E-state index contributed by atoms with van der Waals surface area (Å²) in [5, 5.41) is 3.61. The Bertz CT molecular complexity index is 1430. The Balaban J connectivity index is 1.19. The van der Waals surface area contributed by atoms with Crippen LogP contribution in [0.25, 0.3) is 10.8 Å². The first-order chi connectivity index (χ1) is 16.9. The number of fused-ring (bicyclic) bond motifs is 3. The summed E-state index contributed by atoms with van der Waals surface area (Å²) >= 11 is 7.60. The van der Waals surface area contributed by atoms with Gasteiger partial charge in [-0.15, -0.1) is 0 Å². The molecule has 0 amide bonds. The lowest BCUT2D eigenvalue weighted by Gasteiger charge is -2.42. The van der Waals surface area contributed by atoms with Crippen molar-refractivity contribution in [2.24, 2.45) is 11.1 Å². The third kappa shape index (κ3) is 3.76. The van der Waals surface area contributed by atoms with Crippen molar-refractivity contribution in [3.05, 3.63) is 71.0 Å². The zero-order valence-electron chi connectivity index (χ0n) is 19.1. The number of hydrogen-bond donors (Lipinski definition) is 3. The second kappa shape index (κ2) is 8.55. The van der Waals surface area contributed by atoms with E-state index in [1.54, 1.807) is 18.5 Å². The molecule has 0 saturated carbocycles. The lowest BCUT2D eigenvalue weighted by atomic mass is 9.73. The predicted octanol–water partition coefficient (Wildman–Crippen LogP) is 4.84. The highest BCUT2D eigenvalue weighted by molar-refractivity contribution is 7.99. The van der Waals surface area contributed by atoms with E-state index in [1.165, 1.54) is 33.7 Å². The molecule has 2 aromatic heterocycles. The zero-order chi connectivity index (χ0) is 24.2. The van der Waals surface area contributed by atoms with Gasteiger partial charge in [0.25, 0.3) is 0 Å². The van der Waals surface area contributed by atoms with Crippen LogP contribution in [-0.4, -0.2) is 28.0 Å². The van der Waals surface area contributed by atoms with Crippen LogP contribution in [0.4, 0.5) is 17.5 Å². The van der Waals surface area contributed by atoms with Crippen molar-refractivity contribution in [2.45, 2.75) is 35.2 Å². The minimum atomic E-state index is 0.0525. The lowest BCUT2D eigenvalue weighted by molar-refractivity contribution is 0.187. The van der Waals surface area contributed by atoms with Crippen LogP contribution < -0.4 is 22.1 Å². The van der Waals surface area contributed by atoms with E-state index in [9.17, 15) is 0 Å². The largest absolute Gasteiger partial charge is 0.382 e. The van der Waals surface area contributed by atoms with Gasteiger partial charge in [0.2, 0.25) is 0 Å². The van der Waals surface area contributed by atoms with Gasteiger partial charge in [-0.05, 0) is 52.6 Å². The first-order valence-corrected chi connectivity index (χ1v) is 12.9. The van der Waals surface area contributed by atoms with Crippen LogP contribution in [0.1, 0.15) is 30.0 Å². The number of nitrogens with two attached hydrogens (primary N) is 3. The molecule has 1 saturated heterocycles. The second-order valence-electron chi connectivity index (χ2n) is 9.39. The third-order valence-corrected chi connectivity index (χ3v) is 9.10. The van der Waals surface area contributed by atoms with Crippen LogP contribution in [-0.2, 0) is 6.42 Å². The number of hydrogen-bond acceptors (Lipinski definition) is 8. The van der Waals surface area contributed by atoms with E-state index in [2.05, 4.69) is 56.3 Å². The molecule has 1 aliphatic heterocycles. The molecular weight excluding hydrogens is 478 g/mol. The number of pyridine rings is 1. The maximum Gasteiger partial charge on any atom is 0.158 e. The maximum absolute atomic E-state index is 6.88. The summed E-state index contributed by atoms with van der Waals surface area (Å²) in [5.41, 5.74) is 21.8. The Morgan fingerprint density at radius 2 is 1.80 bits per heavy atom. The maximum atomic E-state index is 6.88. The molecule has 4 aromatic rings. The van der Waals surface area contributed by atoms with Gasteiger partial charge >= 0.3 is 0 Å². The van der Waals surface area contributed by atoms with Gasteiger partial charge in [-0.25, -0.2) is 15.0 Å². The summed E-state index contributed by atoms with van der Waals surface area (Å²) in [4.78, 5) is 16.2. The number of nitrogen functional groups attached to an aromatic ring is 2. The smallest absolute Gasteiger partial charge is 0.158 e. The van der Waals surface area contributed by atoms with Crippen molar-refractivity contribution < 1.29 is 0 Å². The average Bonchev–Trinajstić information content (AvgIpc) is 3.15. The normalized spacial score (nSPS) is 18.8. The summed E-state index contributed by atoms with van der Waals surface area (Å²) < 4.78 is 0. The number of benzene rings is 2. The molecule has 35 heavy (non-hydrogen) atoms. The minimum absolute atomic E-state index is 0.0525. The van der Waals surface area contributed by atoms with Gasteiger partial charge in [0.05, 0.1) is 11.2 Å². The molecule has 1 atom stereocenters. The van der Waals surface area contributed by atoms with Crippen LogP contribution >= 0.6 is 23.4 Å². The van der Waals surface area contributed by atoms with Crippen LogP contribution in [0.3, 0.4) is 0 Å². The summed E-state index contributed by atoms with van der Waals surface area (Å²) in [6.45, 7) is 1.74. The Labute approximate surface area is 213 Å². The fourth-order valence-corrected chi connectivity index (χ4v) is 6.55. The molecule has 3 heterocycles. The third-order valence-electron chi connectivity index (χ3n) is 7.52. The van der Waals surface area contributed by atoms with E-state index in [-0.39, 0.29) is 17.3 Å². The molecule has 1 aliphatic carbocycles. The van der Waals surface area contributed by atoms with E-state index in [0.29, 0.717) is 15.9 Å². The van der Waals surface area contributed by atoms with Crippen LogP contribution in [0.2, 0.25) is 5.02 Å². The number of halogens is 1. The van der Waals surface area contributed by atoms with Crippen LogP contribution in [0.15, 0.2) is 64.8 Å². The number of nitrogens with zero attached hydrogens (tertiary/aromatic N) is 4. The van der Waals surface area contributed by atoms with Gasteiger partial charge in [-0.2, -0.15) is 0 Å². The van der Waals surface area contributed by atoms with Crippen molar-refractivity contribution in [1.82, 2.24) is 15.0 Å². The topological polar surface area (TPSA) is 120 Å². The molecule has 6 N–H and O–H groups in total. The Kier molecular flexibility index (Phi) is 5.47. The van der Waals surface area contributed by atoms with Gasteiger partial charge < -0.3 is 22.1 Å². The fourth-order valence-electron chi connectivity index (χ4n) is 5.54. The Morgan fingerprint density at radius 1 is 1.00 bits per heavy atom. The van der Waals surface area contributed by atoms with Crippen molar-refractivity contribution in [1.29, 1.82) is 0 Å². The molecule has 2 aromatic carbocycles. The summed E-state index contributed by atoms with van der Waals surface area (Å²) in [6.07, 6.45) is 6.42. The highest BCUT2D eigenvalue weighted by Crippen LogP contribution is 2.52. The fraction of sp³-hybridized carbons (Fsp3) is 0.269. The first kappa shape index (κ1) is 22.4. The summed E-state index contributed by atoms with van der Waals surface area (Å²) in [7, 11) is 0. The molecule has 1 spiro atoms. The molecule has 1 fully saturated rings. The van der Waals surface area contributed by atoms with E-state index in [4.69, 9.17) is 28.8 Å². The predicted molar refractivity (Wildman–Crippen MR) is 143 cm³/mol. The molecule has 9 heteroatoms. The van der Waals surface area contributed by atoms with Crippen molar-refractivity contribution in [2.75, 3.05) is 29.5 Å². The average molecular weight is 504 g/mol. The molecule has 0 radical (unpaired) electrons. The monoisotopic (exact) mass is 503 g/mol. The van der Waals surface area contributed by atoms with Gasteiger partial charge in [0, 0.05) is 30.2 Å². The van der Waals surface area contributed by atoms with Gasteiger partial charge in [0.1, 0.15) is 16.7 Å². The molecule has 6 rings (SSSR count). The number of aromatic nitrogens is 3. The first-order valence-electron chi connectivity index (χ1n) is 11.7. The zero-order valence-corrected chi connectivity index (χ0v) is 20.7. The standard InChI is InChI=1S/C26H26ClN7S/c27-21-19(7-10-31-23(21)29)35-25-24(30)33-20(14-32-25)34-11-8-26(9-12-34)13-18-16-4-2-1-3-15(16)5-6-17(18)22(26)28/h1-7,10,14,22H,8-9,11-13,28H2,(H2,29,31)(H2,30,33)/t22-/m1/s1. The Hall–Kier alpha value is -3.07. The van der Waals surface area contributed by atoms with Crippen molar-refractivity contribution in [3.63, 3.8) is 0 Å². The molecular formula is C26H26ClN7S. The Morgan fingerprint density at radius 3 is 2.60 bits per heavy atom. The lowest BCUT2D eigenvalue weighted by Crippen LogP contribution is -2.44. The molecule has 7 nitrogen and oxygen atoms in total. The molecule has 178 valence electrons. The van der Waals surface area contributed by atoms with E-state index < -0.39 is 0 Å². The highest BCUT2D eigenvalue weighted by Gasteiger charge is 2.46. The van der Waals surface area contributed by atoms with Crippen LogP contribution in [0, 0.1) is 5.41 Å². The quantitative estimate of drug-likeness (QED) is 0.363. The number of anilines is 3. The SMILES string of the molecule is Nc1nc(N2CCC3(CC2)Cc2c(ccc4ccccc24)[C@H]3N)cnc1Sc1ccnc(N)c1Cl. The van der Waals surface area contributed by atoms with Crippen LogP contribution in [0.5, 0.6) is 0 Å². The highest BCUT2D eigenvalue weighted by atomic mass is 35.5. The van der Waals surface area contributed by atoms with Crippen molar-refractivity contribution in [3.8, 4) is 0 Å². The summed E-state index contributed by atoms with van der Waals surface area (Å²) in [6, 6.07) is 14.9. The van der Waals surface area contributed by atoms with Gasteiger partial charge in [-0.3, -0.25) is 0 Å². The molecule has 2 aliphatic rings. The van der Waals surface area contributed by atoms with E-state index >= 15 is 0 Å².